The topological polar surface area (TPSA) is 46.5 Å². The zero-order valence-corrected chi connectivity index (χ0v) is 9.62. The molecule has 0 bridgehead atoms. The molecule has 0 heterocycles. The summed E-state index contributed by atoms with van der Waals surface area (Å²) in [6.07, 6.45) is 1.70. The van der Waals surface area contributed by atoms with Crippen molar-refractivity contribution in [3.8, 4) is 0 Å². The Bertz CT molecular complexity index is 425. The summed E-state index contributed by atoms with van der Waals surface area (Å²) < 4.78 is 5.50. The average Bonchev–Trinajstić information content (AvgIpc) is 2.56. The molecule has 1 aliphatic rings. The lowest BCUT2D eigenvalue weighted by atomic mass is 9.91. The lowest BCUT2D eigenvalue weighted by molar-refractivity contribution is -0.144. The number of carboxylic acid groups (broad SMARTS) is 1. The number of methoxy groups -OCH3 is 1. The zero-order chi connectivity index (χ0) is 11.8. The second kappa shape index (κ2) is 3.91. The molecule has 0 saturated carbocycles. The number of aryl methyl sites for hydroxylation is 2. The predicted molar refractivity (Wildman–Crippen MR) is 60.4 cm³/mol. The third-order valence-corrected chi connectivity index (χ3v) is 3.38. The third-order valence-electron chi connectivity index (χ3n) is 3.38. The molecule has 2 rings (SSSR count). The minimum atomic E-state index is -0.810. The molecule has 0 aliphatic heterocycles. The van der Waals surface area contributed by atoms with Crippen molar-refractivity contribution in [2.24, 2.45) is 0 Å². The summed E-state index contributed by atoms with van der Waals surface area (Å²) in [5.74, 6) is -0.810. The van der Waals surface area contributed by atoms with Gasteiger partial charge < -0.3 is 9.84 Å². The van der Waals surface area contributed by atoms with Crippen molar-refractivity contribution in [2.45, 2.75) is 31.8 Å². The van der Waals surface area contributed by atoms with Gasteiger partial charge in [-0.2, -0.15) is 0 Å². The minimum absolute atomic E-state index is 0.0412. The van der Waals surface area contributed by atoms with Crippen LogP contribution in [0.15, 0.2) is 18.2 Å². The maximum atomic E-state index is 10.9. The maximum absolute atomic E-state index is 10.9. The fraction of sp³-hybridized carbons (Fsp3) is 0.462. The lowest BCUT2D eigenvalue weighted by Crippen LogP contribution is -2.28. The highest BCUT2D eigenvalue weighted by Crippen LogP contribution is 2.42. The molecule has 0 aromatic heterocycles. The summed E-state index contributed by atoms with van der Waals surface area (Å²) in [4.78, 5) is 10.9. The Morgan fingerprint density at radius 3 is 2.94 bits per heavy atom. The molecule has 1 aromatic rings. The van der Waals surface area contributed by atoms with E-state index in [2.05, 4.69) is 6.07 Å². The Morgan fingerprint density at radius 1 is 1.56 bits per heavy atom. The van der Waals surface area contributed by atoms with E-state index < -0.39 is 11.6 Å². The van der Waals surface area contributed by atoms with Crippen molar-refractivity contribution < 1.29 is 14.6 Å². The number of aliphatic carboxylic acids is 1. The fourth-order valence-electron chi connectivity index (χ4n) is 2.56. The Kier molecular flexibility index (Phi) is 2.72. The standard InChI is InChI=1S/C13H16O3/c1-9-3-4-11-10(7-9)5-6-13(11,16-2)8-12(14)15/h3-4,7H,5-6,8H2,1-2H3,(H,14,15). The average molecular weight is 220 g/mol. The third kappa shape index (κ3) is 1.71. The van der Waals surface area contributed by atoms with Crippen LogP contribution in [0.2, 0.25) is 0 Å². The quantitative estimate of drug-likeness (QED) is 0.849. The van der Waals surface area contributed by atoms with Crippen LogP contribution in [0.3, 0.4) is 0 Å². The first kappa shape index (κ1) is 11.1. The van der Waals surface area contributed by atoms with E-state index in [1.165, 1.54) is 11.1 Å². The second-order valence-corrected chi connectivity index (χ2v) is 4.43. The summed E-state index contributed by atoms with van der Waals surface area (Å²) in [5.41, 5.74) is 2.86. The number of fused-ring (bicyclic) bond motifs is 1. The minimum Gasteiger partial charge on any atom is -0.481 e. The smallest absolute Gasteiger partial charge is 0.306 e. The Morgan fingerprint density at radius 2 is 2.31 bits per heavy atom. The molecule has 0 spiro atoms. The Hall–Kier alpha value is -1.35. The predicted octanol–water partition coefficient (Wildman–Crippen LogP) is 2.26. The number of hydrogen-bond acceptors (Lipinski definition) is 2. The van der Waals surface area contributed by atoms with E-state index in [-0.39, 0.29) is 6.42 Å². The van der Waals surface area contributed by atoms with Gasteiger partial charge in [0.25, 0.3) is 0 Å². The van der Waals surface area contributed by atoms with Crippen molar-refractivity contribution in [3.63, 3.8) is 0 Å². The van der Waals surface area contributed by atoms with Gasteiger partial charge in [0.2, 0.25) is 0 Å². The van der Waals surface area contributed by atoms with Crippen molar-refractivity contribution in [2.75, 3.05) is 7.11 Å². The number of benzene rings is 1. The number of ether oxygens (including phenoxy) is 1. The molecular formula is C13H16O3. The van der Waals surface area contributed by atoms with E-state index in [0.29, 0.717) is 0 Å². The molecule has 1 unspecified atom stereocenters. The Labute approximate surface area is 95.0 Å². The normalized spacial score (nSPS) is 23.1. The summed E-state index contributed by atoms with van der Waals surface area (Å²) in [7, 11) is 1.60. The molecule has 1 N–H and O–H groups in total. The van der Waals surface area contributed by atoms with Crippen LogP contribution in [0.25, 0.3) is 0 Å². The van der Waals surface area contributed by atoms with Crippen LogP contribution in [-0.4, -0.2) is 18.2 Å². The second-order valence-electron chi connectivity index (χ2n) is 4.43. The van der Waals surface area contributed by atoms with Crippen LogP contribution in [0, 0.1) is 6.92 Å². The van der Waals surface area contributed by atoms with Crippen molar-refractivity contribution >= 4 is 5.97 Å². The van der Waals surface area contributed by atoms with Gasteiger partial charge >= 0.3 is 5.97 Å². The van der Waals surface area contributed by atoms with Crippen LogP contribution in [-0.2, 0) is 21.6 Å². The Balaban J connectivity index is 2.43. The maximum Gasteiger partial charge on any atom is 0.306 e. The van der Waals surface area contributed by atoms with Crippen LogP contribution in [0.4, 0.5) is 0 Å². The first-order chi connectivity index (χ1) is 7.57. The van der Waals surface area contributed by atoms with Gasteiger partial charge in [-0.25, -0.2) is 0 Å². The molecule has 1 aromatic carbocycles. The molecule has 16 heavy (non-hydrogen) atoms. The van der Waals surface area contributed by atoms with Gasteiger partial charge in [-0.3, -0.25) is 4.79 Å². The lowest BCUT2D eigenvalue weighted by Gasteiger charge is -2.27. The molecule has 3 nitrogen and oxygen atoms in total. The largest absolute Gasteiger partial charge is 0.481 e. The van der Waals surface area contributed by atoms with Gasteiger partial charge in [0, 0.05) is 7.11 Å². The van der Waals surface area contributed by atoms with Crippen LogP contribution in [0.1, 0.15) is 29.5 Å². The van der Waals surface area contributed by atoms with Gasteiger partial charge in [0.15, 0.2) is 0 Å². The van der Waals surface area contributed by atoms with E-state index in [9.17, 15) is 4.79 Å². The number of carboxylic acids is 1. The molecule has 0 fully saturated rings. The highest BCUT2D eigenvalue weighted by atomic mass is 16.5. The van der Waals surface area contributed by atoms with Crippen LogP contribution >= 0.6 is 0 Å². The van der Waals surface area contributed by atoms with Crippen molar-refractivity contribution in [3.05, 3.63) is 34.9 Å². The highest BCUT2D eigenvalue weighted by molar-refractivity contribution is 5.69. The molecule has 1 atom stereocenters. The monoisotopic (exact) mass is 220 g/mol. The first-order valence-corrected chi connectivity index (χ1v) is 5.44. The first-order valence-electron chi connectivity index (χ1n) is 5.44. The van der Waals surface area contributed by atoms with Gasteiger partial charge in [0.1, 0.15) is 5.60 Å². The summed E-state index contributed by atoms with van der Waals surface area (Å²) >= 11 is 0. The summed E-state index contributed by atoms with van der Waals surface area (Å²) in [6, 6.07) is 6.14. The van der Waals surface area contributed by atoms with Crippen molar-refractivity contribution in [1.82, 2.24) is 0 Å². The van der Waals surface area contributed by atoms with Gasteiger partial charge in [-0.05, 0) is 30.9 Å². The number of rotatable bonds is 3. The molecule has 1 aliphatic carbocycles. The van der Waals surface area contributed by atoms with Crippen molar-refractivity contribution in [1.29, 1.82) is 0 Å². The molecule has 0 amide bonds. The van der Waals surface area contributed by atoms with E-state index in [1.807, 2.05) is 19.1 Å². The number of carbonyl (C=O) groups is 1. The van der Waals surface area contributed by atoms with Crippen LogP contribution < -0.4 is 0 Å². The highest BCUT2D eigenvalue weighted by Gasteiger charge is 2.40. The fourth-order valence-corrected chi connectivity index (χ4v) is 2.56. The summed E-state index contributed by atoms with van der Waals surface area (Å²) in [5, 5.41) is 8.97. The SMILES string of the molecule is COC1(CC(=O)O)CCc2cc(C)ccc21. The zero-order valence-electron chi connectivity index (χ0n) is 9.62. The molecule has 0 saturated heterocycles. The van der Waals surface area contributed by atoms with E-state index >= 15 is 0 Å². The van der Waals surface area contributed by atoms with E-state index in [1.54, 1.807) is 7.11 Å². The molecular weight excluding hydrogens is 204 g/mol. The van der Waals surface area contributed by atoms with E-state index in [0.717, 1.165) is 18.4 Å². The summed E-state index contributed by atoms with van der Waals surface area (Å²) in [6.45, 7) is 2.05. The van der Waals surface area contributed by atoms with Gasteiger partial charge in [-0.1, -0.05) is 23.8 Å². The van der Waals surface area contributed by atoms with Gasteiger partial charge in [-0.15, -0.1) is 0 Å². The van der Waals surface area contributed by atoms with Gasteiger partial charge in [0.05, 0.1) is 6.42 Å². The van der Waals surface area contributed by atoms with E-state index in [4.69, 9.17) is 9.84 Å². The number of hydrogen-bond donors (Lipinski definition) is 1. The van der Waals surface area contributed by atoms with Crippen LogP contribution in [0.5, 0.6) is 0 Å². The molecule has 86 valence electrons. The molecule has 0 radical (unpaired) electrons. The molecule has 3 heteroatoms.